The van der Waals surface area contributed by atoms with Crippen molar-refractivity contribution in [2.75, 3.05) is 5.33 Å². The highest BCUT2D eigenvalue weighted by Gasteiger charge is 2.22. The Balaban J connectivity index is 0.000000193. The Hall–Kier alpha value is -4.03. The molecule has 4 aliphatic carbocycles. The summed E-state index contributed by atoms with van der Waals surface area (Å²) < 4.78 is 0. The number of ketones is 1. The van der Waals surface area contributed by atoms with E-state index in [0.717, 1.165) is 62.5 Å². The Labute approximate surface area is 542 Å². The van der Waals surface area contributed by atoms with Gasteiger partial charge in [-0.1, -0.05) is 238 Å². The molecule has 2 aromatic heterocycles. The van der Waals surface area contributed by atoms with Gasteiger partial charge in [0.2, 0.25) is 11.8 Å². The number of H-pyrrole nitrogens is 1. The molecule has 0 unspecified atom stereocenters. The number of carbonyl (C=O) groups is 3. The standard InChI is InChI=1S/C18H23ClN2.C18H22ClNS.C11H19BrO.C10H20.2C7H6ClNO/c1-13(11-14-5-3-2-4-6-14)17-12-20-18(21-17)15-7-9-16(19)10-8-15;1-13(11-14-5-3-2-4-6-14)17-12-21-18(20-17)15-7-9-16(19)10-8-15;1-9(11(13)8-12)7-10-5-3-2-4-6-10;1-9(2)8-10-6-4-3-5-7-10;2*8-6-3-1-5(2-4-6)7(9)10/h7-10,12-14H,2-6,11H2,1H3,(H,20,21);7-10,12-14H,2-6,11H2,1H3;9-10H,2-8H2,1H3;9-10H,3-8H2,1-2H3;2*1-4H,(H2,9,10)/t2*13-;9-;;;/m111.../s1. The van der Waals surface area contributed by atoms with Gasteiger partial charge < -0.3 is 16.5 Å². The number of carbonyl (C=O) groups excluding carboxylic acids is 3. The maximum absolute atomic E-state index is 11.3. The molecule has 14 heteroatoms. The summed E-state index contributed by atoms with van der Waals surface area (Å²) in [6.07, 6.45) is 35.7. The van der Waals surface area contributed by atoms with Crippen LogP contribution in [0.25, 0.3) is 22.0 Å². The normalized spacial score (nSPS) is 16.8. The predicted molar refractivity (Wildman–Crippen MR) is 366 cm³/mol. The number of amides is 2. The number of aromatic amines is 1. The van der Waals surface area contributed by atoms with Crippen LogP contribution in [0, 0.1) is 35.5 Å². The van der Waals surface area contributed by atoms with E-state index in [9.17, 15) is 14.4 Å². The van der Waals surface area contributed by atoms with Crippen molar-refractivity contribution in [1.29, 1.82) is 0 Å². The van der Waals surface area contributed by atoms with E-state index in [1.54, 1.807) is 59.9 Å². The van der Waals surface area contributed by atoms with Crippen molar-refractivity contribution in [2.45, 2.75) is 201 Å². The van der Waals surface area contributed by atoms with Gasteiger partial charge in [0, 0.05) is 65.5 Å². The first-order chi connectivity index (χ1) is 40.9. The smallest absolute Gasteiger partial charge is 0.248 e. The molecule has 0 spiro atoms. The van der Waals surface area contributed by atoms with Crippen LogP contribution in [0.4, 0.5) is 0 Å². The number of rotatable bonds is 16. The molecular formula is C71H96BrCl4N5O3S. The van der Waals surface area contributed by atoms with Crippen LogP contribution in [-0.2, 0) is 4.79 Å². The average Bonchev–Trinajstić information content (AvgIpc) is 4.42. The molecule has 0 saturated heterocycles. The van der Waals surface area contributed by atoms with Crippen LogP contribution in [0.5, 0.6) is 0 Å². The quantitative estimate of drug-likeness (QED) is 0.0827. The first-order valence-corrected chi connectivity index (χ1v) is 35.1. The van der Waals surface area contributed by atoms with Crippen LogP contribution in [0.15, 0.2) is 109 Å². The number of nitrogens with two attached hydrogens (primary N) is 2. The van der Waals surface area contributed by atoms with E-state index in [4.69, 9.17) is 62.9 Å². The summed E-state index contributed by atoms with van der Waals surface area (Å²) in [6.45, 7) is 11.4. The van der Waals surface area contributed by atoms with Gasteiger partial charge >= 0.3 is 0 Å². The number of hydrogen-bond donors (Lipinski definition) is 3. The molecule has 2 heterocycles. The maximum atomic E-state index is 11.3. The third-order valence-corrected chi connectivity index (χ3v) is 19.5. The first kappa shape index (κ1) is 71.7. The molecule has 2 amide bonds. The molecule has 4 saturated carbocycles. The lowest BCUT2D eigenvalue weighted by molar-refractivity contribution is -0.120. The molecule has 0 radical (unpaired) electrons. The van der Waals surface area contributed by atoms with Crippen molar-refractivity contribution < 1.29 is 14.4 Å². The summed E-state index contributed by atoms with van der Waals surface area (Å²) >= 11 is 28.0. The molecule has 4 fully saturated rings. The summed E-state index contributed by atoms with van der Waals surface area (Å²) in [7, 11) is 0. The van der Waals surface area contributed by atoms with E-state index in [-0.39, 0.29) is 5.92 Å². The number of benzene rings is 4. The van der Waals surface area contributed by atoms with Crippen molar-refractivity contribution in [3.63, 3.8) is 0 Å². The van der Waals surface area contributed by atoms with Crippen molar-refractivity contribution in [3.8, 4) is 22.0 Å². The predicted octanol–water partition coefficient (Wildman–Crippen LogP) is 22.4. The van der Waals surface area contributed by atoms with Gasteiger partial charge in [-0.3, -0.25) is 14.4 Å². The number of Topliss-reactive ketones (excluding diaryl/α,β-unsaturated/α-hetero) is 1. The number of imidazole rings is 1. The molecule has 4 aromatic carbocycles. The zero-order valence-corrected chi connectivity index (χ0v) is 56.7. The third kappa shape index (κ3) is 27.9. The lowest BCUT2D eigenvalue weighted by Gasteiger charge is -2.24. The molecule has 0 bridgehead atoms. The summed E-state index contributed by atoms with van der Waals surface area (Å²) in [5.41, 5.74) is 15.7. The van der Waals surface area contributed by atoms with Gasteiger partial charge in [0.1, 0.15) is 16.6 Å². The summed E-state index contributed by atoms with van der Waals surface area (Å²) in [5.74, 6) is 6.47. The van der Waals surface area contributed by atoms with Gasteiger partial charge in [-0.05, 0) is 152 Å². The molecule has 85 heavy (non-hydrogen) atoms. The number of primary amides is 2. The minimum Gasteiger partial charge on any atom is -0.366 e. The largest absolute Gasteiger partial charge is 0.366 e. The van der Waals surface area contributed by atoms with Gasteiger partial charge in [-0.15, -0.1) is 11.3 Å². The Morgan fingerprint density at radius 1 is 0.518 bits per heavy atom. The van der Waals surface area contributed by atoms with E-state index >= 15 is 0 Å². The van der Waals surface area contributed by atoms with Crippen molar-refractivity contribution in [2.24, 2.45) is 47.0 Å². The second-order valence-electron chi connectivity index (χ2n) is 24.7. The van der Waals surface area contributed by atoms with Crippen LogP contribution in [0.2, 0.25) is 20.1 Å². The molecule has 8 nitrogen and oxygen atoms in total. The monoisotopic (exact) mass is 1320 g/mol. The lowest BCUT2D eigenvalue weighted by atomic mass is 9.82. The lowest BCUT2D eigenvalue weighted by Crippen LogP contribution is -2.18. The highest BCUT2D eigenvalue weighted by molar-refractivity contribution is 9.09. The second-order valence-corrected chi connectivity index (χ2v) is 27.8. The highest BCUT2D eigenvalue weighted by Crippen LogP contribution is 2.37. The van der Waals surface area contributed by atoms with E-state index in [1.165, 1.54) is 165 Å². The Morgan fingerprint density at radius 3 is 1.27 bits per heavy atom. The summed E-state index contributed by atoms with van der Waals surface area (Å²) in [6, 6.07) is 28.7. The third-order valence-electron chi connectivity index (χ3n) is 17.1. The van der Waals surface area contributed by atoms with Gasteiger partial charge in [-0.25, -0.2) is 9.97 Å². The van der Waals surface area contributed by atoms with Crippen molar-refractivity contribution in [3.05, 3.63) is 151 Å². The molecular weight excluding hydrogens is 1220 g/mol. The van der Waals surface area contributed by atoms with E-state index < -0.39 is 11.8 Å². The number of thiazole rings is 1. The minimum atomic E-state index is -0.434. The van der Waals surface area contributed by atoms with Crippen LogP contribution in [0.3, 0.4) is 0 Å². The topological polar surface area (TPSA) is 145 Å². The van der Waals surface area contributed by atoms with Crippen LogP contribution in [-0.4, -0.2) is 37.9 Å². The van der Waals surface area contributed by atoms with Gasteiger partial charge in [0.25, 0.3) is 0 Å². The molecule has 3 atom stereocenters. The number of hydrogen-bond acceptors (Lipinski definition) is 6. The summed E-state index contributed by atoms with van der Waals surface area (Å²) in [4.78, 5) is 45.2. The molecule has 6 aromatic rings. The first-order valence-electron chi connectivity index (χ1n) is 31.6. The number of halogens is 5. The number of nitrogens with zero attached hydrogens (tertiary/aromatic N) is 2. The fourth-order valence-corrected chi connectivity index (χ4v) is 14.2. The molecule has 464 valence electrons. The van der Waals surface area contributed by atoms with Crippen LogP contribution < -0.4 is 11.5 Å². The molecule has 10 rings (SSSR count). The SMILES string of the molecule is CC(C)CC1CCCCC1.C[C@H](CC1CCCCC1)C(=O)CBr.C[C@H](CC1CCCCC1)c1cnc(-c2ccc(Cl)cc2)[nH]1.C[C@H](CC1CCCCC1)c1csc(-c2ccc(Cl)cc2)n1.NC(=O)c1ccc(Cl)cc1.NC(=O)c1ccc(Cl)cc1. The van der Waals surface area contributed by atoms with Crippen LogP contribution >= 0.6 is 73.7 Å². The number of nitrogens with one attached hydrogen (secondary N) is 1. The van der Waals surface area contributed by atoms with Gasteiger partial charge in [-0.2, -0.15) is 0 Å². The van der Waals surface area contributed by atoms with Gasteiger partial charge in [0.15, 0.2) is 0 Å². The molecule has 4 aliphatic rings. The Kier molecular flexibility index (Phi) is 33.6. The fraction of sp³-hybridized carbons (Fsp3) is 0.535. The van der Waals surface area contributed by atoms with E-state index in [1.807, 2.05) is 42.6 Å². The zero-order chi connectivity index (χ0) is 61.5. The Bertz CT molecular complexity index is 2640. The Morgan fingerprint density at radius 2 is 0.882 bits per heavy atom. The fourth-order valence-electron chi connectivity index (χ4n) is 12.2. The van der Waals surface area contributed by atoms with Crippen molar-refractivity contribution in [1.82, 2.24) is 15.0 Å². The second kappa shape index (κ2) is 39.8. The average molecular weight is 1320 g/mol. The zero-order valence-electron chi connectivity index (χ0n) is 51.3. The van der Waals surface area contributed by atoms with Gasteiger partial charge in [0.05, 0.1) is 11.0 Å². The highest BCUT2D eigenvalue weighted by atomic mass is 79.9. The van der Waals surface area contributed by atoms with Crippen LogP contribution in [0.1, 0.15) is 233 Å². The maximum Gasteiger partial charge on any atom is 0.248 e. The minimum absolute atomic E-state index is 0.266. The number of aromatic nitrogens is 3. The van der Waals surface area contributed by atoms with E-state index in [0.29, 0.717) is 44.1 Å². The molecule has 0 aliphatic heterocycles. The van der Waals surface area contributed by atoms with Crippen molar-refractivity contribution >= 4 is 91.3 Å². The summed E-state index contributed by atoms with van der Waals surface area (Å²) in [5, 5.41) is 6.61. The number of alkyl halides is 1. The van der Waals surface area contributed by atoms with E-state index in [2.05, 4.69) is 78.0 Å². The molecule has 5 N–H and O–H groups in total.